The van der Waals surface area contributed by atoms with E-state index in [-0.39, 0.29) is 0 Å². The average Bonchev–Trinajstić information content (AvgIpc) is 2.29. The summed E-state index contributed by atoms with van der Waals surface area (Å²) in [6.07, 6.45) is 0. The Morgan fingerprint density at radius 2 is 1.62 bits per heavy atom. The van der Waals surface area contributed by atoms with Gasteiger partial charge in [0.2, 0.25) is 0 Å². The summed E-state index contributed by atoms with van der Waals surface area (Å²) in [5, 5.41) is 0.917. The number of hydrogen-bond acceptors (Lipinski definition) is 0. The molecule has 0 spiro atoms. The van der Waals surface area contributed by atoms with Crippen LogP contribution >= 0.6 is 15.9 Å². The van der Waals surface area contributed by atoms with Gasteiger partial charge in [-0.3, -0.25) is 0 Å². The fraction of sp³-hybridized carbons (Fsp3) is 0.200. The SMILES string of the molecule is Cc1ccc(-c2ccc(CBr)cc2)c(C)c1. The van der Waals surface area contributed by atoms with Crippen LogP contribution in [0, 0.1) is 13.8 Å². The van der Waals surface area contributed by atoms with Gasteiger partial charge >= 0.3 is 0 Å². The van der Waals surface area contributed by atoms with Crippen LogP contribution in [-0.2, 0) is 5.33 Å². The van der Waals surface area contributed by atoms with Crippen molar-refractivity contribution in [2.75, 3.05) is 0 Å². The summed E-state index contributed by atoms with van der Waals surface area (Å²) < 4.78 is 0. The molecule has 82 valence electrons. The van der Waals surface area contributed by atoms with E-state index in [0.717, 1.165) is 5.33 Å². The highest BCUT2D eigenvalue weighted by atomic mass is 79.9. The van der Waals surface area contributed by atoms with E-state index in [1.165, 1.54) is 27.8 Å². The molecule has 0 aliphatic rings. The fourth-order valence-electron chi connectivity index (χ4n) is 1.91. The standard InChI is InChI=1S/C15H15Br/c1-11-3-8-15(12(2)9-11)14-6-4-13(10-16)5-7-14/h3-9H,10H2,1-2H3. The van der Waals surface area contributed by atoms with Crippen molar-refractivity contribution in [1.82, 2.24) is 0 Å². The molecule has 0 heterocycles. The highest BCUT2D eigenvalue weighted by Gasteiger charge is 2.01. The number of alkyl halides is 1. The molecule has 16 heavy (non-hydrogen) atoms. The van der Waals surface area contributed by atoms with E-state index < -0.39 is 0 Å². The molecule has 0 nitrogen and oxygen atoms in total. The largest absolute Gasteiger partial charge is 0.0876 e. The quantitative estimate of drug-likeness (QED) is 0.686. The van der Waals surface area contributed by atoms with Gasteiger partial charge in [-0.25, -0.2) is 0 Å². The molecule has 0 saturated heterocycles. The van der Waals surface area contributed by atoms with Gasteiger partial charge in [-0.2, -0.15) is 0 Å². The molecular weight excluding hydrogens is 260 g/mol. The van der Waals surface area contributed by atoms with Crippen LogP contribution in [0.5, 0.6) is 0 Å². The second-order valence-electron chi connectivity index (χ2n) is 4.15. The zero-order valence-corrected chi connectivity index (χ0v) is 11.2. The third kappa shape index (κ3) is 2.35. The number of rotatable bonds is 2. The number of halogens is 1. The second kappa shape index (κ2) is 4.84. The summed E-state index contributed by atoms with van der Waals surface area (Å²) in [6, 6.07) is 15.3. The molecule has 0 aromatic heterocycles. The Kier molecular flexibility index (Phi) is 3.45. The third-order valence-electron chi connectivity index (χ3n) is 2.80. The third-order valence-corrected chi connectivity index (χ3v) is 3.45. The molecule has 0 unspecified atom stereocenters. The lowest BCUT2D eigenvalue weighted by atomic mass is 9.98. The van der Waals surface area contributed by atoms with E-state index in [0.29, 0.717) is 0 Å². The molecule has 0 radical (unpaired) electrons. The molecule has 2 aromatic rings. The van der Waals surface area contributed by atoms with Crippen LogP contribution in [0.3, 0.4) is 0 Å². The van der Waals surface area contributed by atoms with Gasteiger partial charge in [0.25, 0.3) is 0 Å². The molecular formula is C15H15Br. The molecule has 0 bridgehead atoms. The summed E-state index contributed by atoms with van der Waals surface area (Å²) in [6.45, 7) is 4.30. The Hall–Kier alpha value is -1.08. The van der Waals surface area contributed by atoms with Crippen LogP contribution in [0.4, 0.5) is 0 Å². The van der Waals surface area contributed by atoms with Crippen molar-refractivity contribution in [3.05, 3.63) is 59.2 Å². The Morgan fingerprint density at radius 3 is 2.19 bits per heavy atom. The van der Waals surface area contributed by atoms with Gasteiger partial charge in [0.15, 0.2) is 0 Å². The van der Waals surface area contributed by atoms with Crippen molar-refractivity contribution in [3.8, 4) is 11.1 Å². The molecule has 2 rings (SSSR count). The molecule has 0 atom stereocenters. The number of benzene rings is 2. The molecule has 1 heteroatoms. The van der Waals surface area contributed by atoms with Gasteiger partial charge in [0, 0.05) is 5.33 Å². The lowest BCUT2D eigenvalue weighted by Gasteiger charge is -2.07. The van der Waals surface area contributed by atoms with Crippen molar-refractivity contribution < 1.29 is 0 Å². The Balaban J connectivity index is 2.42. The molecule has 2 aromatic carbocycles. The van der Waals surface area contributed by atoms with Crippen LogP contribution in [0.15, 0.2) is 42.5 Å². The van der Waals surface area contributed by atoms with E-state index in [2.05, 4.69) is 72.2 Å². The highest BCUT2D eigenvalue weighted by Crippen LogP contribution is 2.24. The van der Waals surface area contributed by atoms with Gasteiger partial charge in [0.05, 0.1) is 0 Å². The van der Waals surface area contributed by atoms with Crippen molar-refractivity contribution in [2.45, 2.75) is 19.2 Å². The summed E-state index contributed by atoms with van der Waals surface area (Å²) in [7, 11) is 0. The highest BCUT2D eigenvalue weighted by molar-refractivity contribution is 9.08. The topological polar surface area (TPSA) is 0 Å². The molecule has 0 aliphatic carbocycles. The summed E-state index contributed by atoms with van der Waals surface area (Å²) in [4.78, 5) is 0. The monoisotopic (exact) mass is 274 g/mol. The van der Waals surface area contributed by atoms with E-state index in [9.17, 15) is 0 Å². The van der Waals surface area contributed by atoms with Crippen LogP contribution in [0.1, 0.15) is 16.7 Å². The predicted octanol–water partition coefficient (Wildman–Crippen LogP) is 4.87. The van der Waals surface area contributed by atoms with Crippen LogP contribution < -0.4 is 0 Å². The van der Waals surface area contributed by atoms with Crippen LogP contribution in [-0.4, -0.2) is 0 Å². The minimum atomic E-state index is 0.917. The number of aryl methyl sites for hydroxylation is 2. The molecule has 0 fully saturated rings. The zero-order chi connectivity index (χ0) is 11.5. The first kappa shape index (κ1) is 11.4. The van der Waals surface area contributed by atoms with Crippen molar-refractivity contribution in [2.24, 2.45) is 0 Å². The van der Waals surface area contributed by atoms with Crippen LogP contribution in [0.2, 0.25) is 0 Å². The maximum atomic E-state index is 3.46. The smallest absolute Gasteiger partial charge is 0.0283 e. The summed E-state index contributed by atoms with van der Waals surface area (Å²) in [5.41, 5.74) is 6.59. The van der Waals surface area contributed by atoms with Crippen LogP contribution in [0.25, 0.3) is 11.1 Å². The van der Waals surface area contributed by atoms with E-state index in [1.807, 2.05) is 0 Å². The van der Waals surface area contributed by atoms with Gasteiger partial charge in [0.1, 0.15) is 0 Å². The molecule has 0 aliphatic heterocycles. The first-order chi connectivity index (χ1) is 7.70. The Labute approximate surface area is 105 Å². The van der Waals surface area contributed by atoms with Gasteiger partial charge in [-0.05, 0) is 36.1 Å². The van der Waals surface area contributed by atoms with Gasteiger partial charge in [-0.15, -0.1) is 0 Å². The van der Waals surface area contributed by atoms with Gasteiger partial charge in [-0.1, -0.05) is 64.0 Å². The molecule has 0 amide bonds. The lowest BCUT2D eigenvalue weighted by Crippen LogP contribution is -1.85. The second-order valence-corrected chi connectivity index (χ2v) is 4.71. The fourth-order valence-corrected chi connectivity index (χ4v) is 2.28. The lowest BCUT2D eigenvalue weighted by molar-refractivity contribution is 1.37. The van der Waals surface area contributed by atoms with E-state index in [1.54, 1.807) is 0 Å². The summed E-state index contributed by atoms with van der Waals surface area (Å²) in [5.74, 6) is 0. The summed E-state index contributed by atoms with van der Waals surface area (Å²) >= 11 is 3.46. The molecule has 0 saturated carbocycles. The van der Waals surface area contributed by atoms with E-state index >= 15 is 0 Å². The first-order valence-electron chi connectivity index (χ1n) is 5.43. The maximum Gasteiger partial charge on any atom is 0.0283 e. The van der Waals surface area contributed by atoms with Gasteiger partial charge < -0.3 is 0 Å². The predicted molar refractivity (Wildman–Crippen MR) is 74.0 cm³/mol. The zero-order valence-electron chi connectivity index (χ0n) is 9.63. The normalized spacial score (nSPS) is 10.4. The van der Waals surface area contributed by atoms with Crippen molar-refractivity contribution >= 4 is 15.9 Å². The minimum Gasteiger partial charge on any atom is -0.0876 e. The average molecular weight is 275 g/mol. The number of hydrogen-bond donors (Lipinski definition) is 0. The minimum absolute atomic E-state index is 0.917. The Bertz CT molecular complexity index is 483. The maximum absolute atomic E-state index is 3.46. The molecule has 0 N–H and O–H groups in total. The Morgan fingerprint density at radius 1 is 0.938 bits per heavy atom. The van der Waals surface area contributed by atoms with Crippen molar-refractivity contribution in [1.29, 1.82) is 0 Å². The van der Waals surface area contributed by atoms with E-state index in [4.69, 9.17) is 0 Å². The first-order valence-corrected chi connectivity index (χ1v) is 6.55. The van der Waals surface area contributed by atoms with Crippen molar-refractivity contribution in [3.63, 3.8) is 0 Å².